The highest BCUT2D eigenvalue weighted by Crippen LogP contribution is 2.27. The number of benzene rings is 2. The Morgan fingerprint density at radius 3 is 2.46 bits per heavy atom. The van der Waals surface area contributed by atoms with Gasteiger partial charge in [0.1, 0.15) is 5.75 Å². The van der Waals surface area contributed by atoms with Crippen LogP contribution in [0.25, 0.3) is 0 Å². The molecule has 2 aromatic carbocycles. The fraction of sp³-hybridized carbons (Fsp3) is 0.316. The summed E-state index contributed by atoms with van der Waals surface area (Å²) in [6.07, 6.45) is 0. The van der Waals surface area contributed by atoms with Crippen LogP contribution < -0.4 is 10.1 Å². The fourth-order valence-electron chi connectivity index (χ4n) is 2.92. The Hall–Kier alpha value is -1.95. The molecule has 0 radical (unpaired) electrons. The molecule has 0 unspecified atom stereocenters. The quantitative estimate of drug-likeness (QED) is 0.839. The van der Waals surface area contributed by atoms with Crippen molar-refractivity contribution >= 4 is 34.9 Å². The largest absolute Gasteiger partial charge is 0.495 e. The van der Waals surface area contributed by atoms with Gasteiger partial charge in [0.2, 0.25) is 0 Å². The summed E-state index contributed by atoms with van der Waals surface area (Å²) in [6.45, 7) is 3.74. The van der Waals surface area contributed by atoms with Gasteiger partial charge in [-0.15, -0.1) is 0 Å². The van der Waals surface area contributed by atoms with E-state index >= 15 is 0 Å². The molecule has 1 heterocycles. The number of carbonyl (C=O) groups is 1. The molecule has 5 nitrogen and oxygen atoms in total. The van der Waals surface area contributed by atoms with Gasteiger partial charge in [0, 0.05) is 43.4 Å². The number of methoxy groups -OCH3 is 1. The maximum Gasteiger partial charge on any atom is 0.321 e. The van der Waals surface area contributed by atoms with Crippen molar-refractivity contribution in [3.05, 3.63) is 58.1 Å². The molecule has 1 N–H and O–H groups in total. The summed E-state index contributed by atoms with van der Waals surface area (Å²) in [4.78, 5) is 16.6. The minimum absolute atomic E-state index is 0.122. The number of ether oxygens (including phenoxy) is 1. The van der Waals surface area contributed by atoms with Crippen LogP contribution in [0.2, 0.25) is 10.0 Å². The molecule has 0 aromatic heterocycles. The average Bonchev–Trinajstić information content (AvgIpc) is 2.64. The number of hydrogen-bond donors (Lipinski definition) is 1. The summed E-state index contributed by atoms with van der Waals surface area (Å²) in [5.74, 6) is 0.581. The van der Waals surface area contributed by atoms with Crippen molar-refractivity contribution in [2.45, 2.75) is 6.54 Å². The number of carbonyl (C=O) groups excluding carboxylic acids is 1. The van der Waals surface area contributed by atoms with Gasteiger partial charge < -0.3 is 15.0 Å². The second-order valence-corrected chi connectivity index (χ2v) is 6.95. The van der Waals surface area contributed by atoms with Gasteiger partial charge in [-0.3, -0.25) is 4.90 Å². The normalized spacial score (nSPS) is 15.0. The van der Waals surface area contributed by atoms with E-state index in [9.17, 15) is 4.79 Å². The molecule has 1 aliphatic heterocycles. The topological polar surface area (TPSA) is 44.8 Å². The van der Waals surface area contributed by atoms with Crippen LogP contribution in [0.1, 0.15) is 5.56 Å². The predicted molar refractivity (Wildman–Crippen MR) is 105 cm³/mol. The zero-order valence-electron chi connectivity index (χ0n) is 14.5. The van der Waals surface area contributed by atoms with E-state index in [4.69, 9.17) is 27.9 Å². The van der Waals surface area contributed by atoms with E-state index in [1.54, 1.807) is 30.2 Å². The zero-order chi connectivity index (χ0) is 18.5. The lowest BCUT2D eigenvalue weighted by Gasteiger charge is -2.34. The zero-order valence-corrected chi connectivity index (χ0v) is 16.1. The van der Waals surface area contributed by atoms with E-state index in [0.29, 0.717) is 29.5 Å². The Morgan fingerprint density at radius 2 is 1.81 bits per heavy atom. The first-order valence-electron chi connectivity index (χ1n) is 8.42. The molecule has 0 bridgehead atoms. The number of nitrogens with one attached hydrogen (secondary N) is 1. The average molecular weight is 394 g/mol. The first kappa shape index (κ1) is 18.8. The Kier molecular flexibility index (Phi) is 6.25. The Bertz CT molecular complexity index is 777. The van der Waals surface area contributed by atoms with Crippen molar-refractivity contribution in [2.24, 2.45) is 0 Å². The van der Waals surface area contributed by atoms with Crippen molar-refractivity contribution in [2.75, 3.05) is 38.6 Å². The van der Waals surface area contributed by atoms with Gasteiger partial charge in [0.25, 0.3) is 0 Å². The SMILES string of the molecule is COc1ccc(NC(=O)N2CCN(Cc3ccccc3Cl)CC2)cc1Cl. The highest BCUT2D eigenvalue weighted by atomic mass is 35.5. The van der Waals surface area contributed by atoms with Crippen LogP contribution >= 0.6 is 23.2 Å². The van der Waals surface area contributed by atoms with Crippen LogP contribution in [-0.2, 0) is 6.54 Å². The molecule has 26 heavy (non-hydrogen) atoms. The van der Waals surface area contributed by atoms with E-state index in [0.717, 1.165) is 30.2 Å². The standard InChI is InChI=1S/C19H21Cl2N3O2/c1-26-18-7-6-15(12-17(18)21)22-19(25)24-10-8-23(9-11-24)13-14-4-2-3-5-16(14)20/h2-7,12H,8-11,13H2,1H3,(H,22,25). The van der Waals surface area contributed by atoms with Crippen LogP contribution in [-0.4, -0.2) is 49.1 Å². The third kappa shape index (κ3) is 4.61. The molecule has 1 saturated heterocycles. The predicted octanol–water partition coefficient (Wildman–Crippen LogP) is 4.35. The molecule has 2 amide bonds. The van der Waals surface area contributed by atoms with Crippen molar-refractivity contribution in [1.29, 1.82) is 0 Å². The molecule has 0 spiro atoms. The summed E-state index contributed by atoms with van der Waals surface area (Å²) in [7, 11) is 1.56. The number of nitrogens with zero attached hydrogens (tertiary/aromatic N) is 2. The molecule has 1 aliphatic rings. The number of rotatable bonds is 4. The Balaban J connectivity index is 1.52. The first-order valence-corrected chi connectivity index (χ1v) is 9.17. The summed E-state index contributed by atoms with van der Waals surface area (Å²) in [5.41, 5.74) is 1.76. The number of anilines is 1. The van der Waals surface area contributed by atoms with E-state index in [-0.39, 0.29) is 6.03 Å². The van der Waals surface area contributed by atoms with Gasteiger partial charge >= 0.3 is 6.03 Å². The first-order chi connectivity index (χ1) is 12.6. The molecule has 7 heteroatoms. The second kappa shape index (κ2) is 8.62. The van der Waals surface area contributed by atoms with E-state index in [2.05, 4.69) is 10.2 Å². The van der Waals surface area contributed by atoms with E-state index in [1.807, 2.05) is 24.3 Å². The maximum absolute atomic E-state index is 12.5. The van der Waals surface area contributed by atoms with Gasteiger partial charge in [-0.05, 0) is 29.8 Å². The van der Waals surface area contributed by atoms with Gasteiger partial charge in [0.15, 0.2) is 0 Å². The van der Waals surface area contributed by atoms with Crippen LogP contribution in [0.4, 0.5) is 10.5 Å². The number of piperazine rings is 1. The van der Waals surface area contributed by atoms with E-state index in [1.165, 1.54) is 0 Å². The molecule has 1 fully saturated rings. The minimum Gasteiger partial charge on any atom is -0.495 e. The lowest BCUT2D eigenvalue weighted by molar-refractivity contribution is 0.143. The lowest BCUT2D eigenvalue weighted by Crippen LogP contribution is -2.49. The lowest BCUT2D eigenvalue weighted by atomic mass is 10.2. The highest BCUT2D eigenvalue weighted by molar-refractivity contribution is 6.32. The summed E-state index contributed by atoms with van der Waals surface area (Å²) in [5, 5.41) is 4.13. The second-order valence-electron chi connectivity index (χ2n) is 6.13. The molecule has 0 atom stereocenters. The van der Waals surface area contributed by atoms with Gasteiger partial charge in [-0.2, -0.15) is 0 Å². The Labute approximate surface area is 163 Å². The third-order valence-electron chi connectivity index (χ3n) is 4.41. The number of amides is 2. The fourth-order valence-corrected chi connectivity index (χ4v) is 3.38. The van der Waals surface area contributed by atoms with Gasteiger partial charge in [-0.1, -0.05) is 41.4 Å². The van der Waals surface area contributed by atoms with Gasteiger partial charge in [-0.25, -0.2) is 4.79 Å². The maximum atomic E-state index is 12.5. The molecular formula is C19H21Cl2N3O2. The van der Waals surface area contributed by atoms with Crippen molar-refractivity contribution in [1.82, 2.24) is 9.80 Å². The molecular weight excluding hydrogens is 373 g/mol. The molecule has 0 saturated carbocycles. The molecule has 0 aliphatic carbocycles. The molecule has 3 rings (SSSR count). The highest BCUT2D eigenvalue weighted by Gasteiger charge is 2.21. The Morgan fingerprint density at radius 1 is 1.08 bits per heavy atom. The number of halogens is 2. The summed E-state index contributed by atoms with van der Waals surface area (Å²) < 4.78 is 5.12. The van der Waals surface area contributed by atoms with Gasteiger partial charge in [0.05, 0.1) is 12.1 Å². The minimum atomic E-state index is -0.122. The summed E-state index contributed by atoms with van der Waals surface area (Å²) >= 11 is 12.3. The van der Waals surface area contributed by atoms with Crippen molar-refractivity contribution in [3.63, 3.8) is 0 Å². The summed E-state index contributed by atoms with van der Waals surface area (Å²) in [6, 6.07) is 12.9. The third-order valence-corrected chi connectivity index (χ3v) is 5.08. The molecule has 2 aromatic rings. The van der Waals surface area contributed by atoms with Crippen LogP contribution in [0.5, 0.6) is 5.75 Å². The van der Waals surface area contributed by atoms with Crippen LogP contribution in [0.15, 0.2) is 42.5 Å². The van der Waals surface area contributed by atoms with Crippen LogP contribution in [0, 0.1) is 0 Å². The number of urea groups is 1. The van der Waals surface area contributed by atoms with Crippen molar-refractivity contribution < 1.29 is 9.53 Å². The van der Waals surface area contributed by atoms with Crippen molar-refractivity contribution in [3.8, 4) is 5.75 Å². The monoisotopic (exact) mass is 393 g/mol. The van der Waals surface area contributed by atoms with Crippen LogP contribution in [0.3, 0.4) is 0 Å². The molecule has 138 valence electrons. The smallest absolute Gasteiger partial charge is 0.321 e. The van der Waals surface area contributed by atoms with E-state index < -0.39 is 0 Å². The number of hydrogen-bond acceptors (Lipinski definition) is 3.